The summed E-state index contributed by atoms with van der Waals surface area (Å²) >= 11 is 0. The molecule has 1 fully saturated rings. The fourth-order valence-electron chi connectivity index (χ4n) is 2.88. The first kappa shape index (κ1) is 17.5. The number of rotatable bonds is 6. The Morgan fingerprint density at radius 3 is 2.64 bits per heavy atom. The molecule has 1 N–H and O–H groups in total. The van der Waals surface area contributed by atoms with Crippen LogP contribution in [0.1, 0.15) is 18.1 Å². The Morgan fingerprint density at radius 2 is 1.96 bits per heavy atom. The van der Waals surface area contributed by atoms with Crippen LogP contribution >= 0.6 is 0 Å². The van der Waals surface area contributed by atoms with Crippen molar-refractivity contribution in [3.8, 4) is 11.6 Å². The van der Waals surface area contributed by atoms with Crippen LogP contribution in [-0.2, 0) is 0 Å². The van der Waals surface area contributed by atoms with Crippen molar-refractivity contribution in [3.63, 3.8) is 0 Å². The standard InChI is InChI=1S/C18H19F3N2O2/c19-18(20,21)12-24-17-15(7-4-9-23-17)25-16(14-8-10-22-11-14)13-5-2-1-3-6-13/h1-7,9,14,16,22H,8,10-12H2/t14-,16-/m1/s1. The van der Waals surface area contributed by atoms with Crippen molar-refractivity contribution < 1.29 is 22.6 Å². The second kappa shape index (κ2) is 7.74. The molecule has 25 heavy (non-hydrogen) atoms. The number of aromatic nitrogens is 1. The van der Waals surface area contributed by atoms with Crippen LogP contribution in [0, 0.1) is 5.92 Å². The monoisotopic (exact) mass is 352 g/mol. The molecule has 1 aromatic heterocycles. The molecule has 7 heteroatoms. The van der Waals surface area contributed by atoms with Gasteiger partial charge in [0.2, 0.25) is 0 Å². The minimum atomic E-state index is -4.43. The topological polar surface area (TPSA) is 43.4 Å². The number of nitrogens with zero attached hydrogens (tertiary/aromatic N) is 1. The maximum atomic E-state index is 12.4. The largest absolute Gasteiger partial charge is 0.480 e. The molecule has 1 saturated heterocycles. The first-order chi connectivity index (χ1) is 12.0. The summed E-state index contributed by atoms with van der Waals surface area (Å²) in [6.07, 6.45) is -2.40. The number of halogens is 3. The Kier molecular flexibility index (Phi) is 5.43. The molecular weight excluding hydrogens is 333 g/mol. The zero-order valence-electron chi connectivity index (χ0n) is 13.5. The van der Waals surface area contributed by atoms with Crippen molar-refractivity contribution in [1.29, 1.82) is 0 Å². The summed E-state index contributed by atoms with van der Waals surface area (Å²) in [6, 6.07) is 12.8. The lowest BCUT2D eigenvalue weighted by Gasteiger charge is -2.25. The number of nitrogens with one attached hydrogen (secondary N) is 1. The fourth-order valence-corrected chi connectivity index (χ4v) is 2.88. The third-order valence-corrected chi connectivity index (χ3v) is 4.02. The summed E-state index contributed by atoms with van der Waals surface area (Å²) < 4.78 is 48.2. The van der Waals surface area contributed by atoms with E-state index < -0.39 is 12.8 Å². The van der Waals surface area contributed by atoms with Crippen LogP contribution in [0.15, 0.2) is 48.7 Å². The number of hydrogen-bond acceptors (Lipinski definition) is 4. The fraction of sp³-hybridized carbons (Fsp3) is 0.389. The molecule has 1 aromatic carbocycles. The molecule has 3 rings (SSSR count). The van der Waals surface area contributed by atoms with Gasteiger partial charge in [-0.05, 0) is 30.7 Å². The smallest absolute Gasteiger partial charge is 0.422 e. The predicted octanol–water partition coefficient (Wildman–Crippen LogP) is 3.75. The van der Waals surface area contributed by atoms with Gasteiger partial charge in [0, 0.05) is 18.7 Å². The van der Waals surface area contributed by atoms with E-state index in [4.69, 9.17) is 9.47 Å². The molecule has 4 nitrogen and oxygen atoms in total. The summed E-state index contributed by atoms with van der Waals surface area (Å²) in [4.78, 5) is 3.89. The summed E-state index contributed by atoms with van der Waals surface area (Å²) in [6.45, 7) is 0.280. The molecule has 0 spiro atoms. The SMILES string of the molecule is FC(F)(F)COc1ncccc1O[C@H](c1ccccc1)[C@@H]1CCNC1. The van der Waals surface area contributed by atoms with Crippen LogP contribution in [0.25, 0.3) is 0 Å². The maximum absolute atomic E-state index is 12.4. The molecule has 1 aliphatic rings. The highest BCUT2D eigenvalue weighted by Crippen LogP contribution is 2.35. The average Bonchev–Trinajstić information content (AvgIpc) is 3.13. The molecule has 2 heterocycles. The van der Waals surface area contributed by atoms with E-state index in [1.807, 2.05) is 30.3 Å². The van der Waals surface area contributed by atoms with Crippen LogP contribution < -0.4 is 14.8 Å². The van der Waals surface area contributed by atoms with Crippen LogP contribution in [0.2, 0.25) is 0 Å². The van der Waals surface area contributed by atoms with Crippen molar-refractivity contribution >= 4 is 0 Å². The Bertz CT molecular complexity index is 674. The zero-order chi connectivity index (χ0) is 17.7. The zero-order valence-corrected chi connectivity index (χ0v) is 13.5. The number of benzene rings is 1. The summed E-state index contributed by atoms with van der Waals surface area (Å²) in [7, 11) is 0. The minimum absolute atomic E-state index is 0.147. The third-order valence-electron chi connectivity index (χ3n) is 4.02. The van der Waals surface area contributed by atoms with Gasteiger partial charge in [-0.3, -0.25) is 0 Å². The van der Waals surface area contributed by atoms with Gasteiger partial charge >= 0.3 is 6.18 Å². The van der Waals surface area contributed by atoms with Gasteiger partial charge in [0.15, 0.2) is 12.4 Å². The van der Waals surface area contributed by atoms with Crippen molar-refractivity contribution in [2.45, 2.75) is 18.7 Å². The lowest BCUT2D eigenvalue weighted by Crippen LogP contribution is -2.23. The van der Waals surface area contributed by atoms with Crippen molar-refractivity contribution in [1.82, 2.24) is 10.3 Å². The van der Waals surface area contributed by atoms with Crippen molar-refractivity contribution in [2.75, 3.05) is 19.7 Å². The van der Waals surface area contributed by atoms with E-state index in [0.717, 1.165) is 25.1 Å². The third kappa shape index (κ3) is 4.85. The van der Waals surface area contributed by atoms with E-state index in [0.29, 0.717) is 0 Å². The van der Waals surface area contributed by atoms with E-state index in [2.05, 4.69) is 10.3 Å². The number of hydrogen-bond donors (Lipinski definition) is 1. The molecule has 134 valence electrons. The maximum Gasteiger partial charge on any atom is 0.422 e. The molecule has 2 atom stereocenters. The molecule has 1 aliphatic heterocycles. The Balaban J connectivity index is 1.82. The van der Waals surface area contributed by atoms with Crippen molar-refractivity contribution in [2.24, 2.45) is 5.92 Å². The highest BCUT2D eigenvalue weighted by Gasteiger charge is 2.31. The van der Waals surface area contributed by atoms with Crippen molar-refractivity contribution in [3.05, 3.63) is 54.2 Å². The molecule has 0 amide bonds. The Morgan fingerprint density at radius 1 is 1.16 bits per heavy atom. The van der Waals surface area contributed by atoms with Gasteiger partial charge < -0.3 is 14.8 Å². The molecule has 0 bridgehead atoms. The number of pyridine rings is 1. The predicted molar refractivity (Wildman–Crippen MR) is 86.6 cm³/mol. The minimum Gasteiger partial charge on any atom is -0.480 e. The number of alkyl halides is 3. The van der Waals surface area contributed by atoms with Crippen LogP contribution in [-0.4, -0.2) is 30.9 Å². The van der Waals surface area contributed by atoms with E-state index in [1.165, 1.54) is 6.20 Å². The highest BCUT2D eigenvalue weighted by atomic mass is 19.4. The summed E-state index contributed by atoms with van der Waals surface area (Å²) in [5.41, 5.74) is 0.974. The lowest BCUT2D eigenvalue weighted by atomic mass is 9.95. The van der Waals surface area contributed by atoms with Gasteiger partial charge in [0.05, 0.1) is 0 Å². The lowest BCUT2D eigenvalue weighted by molar-refractivity contribution is -0.154. The average molecular weight is 352 g/mol. The molecule has 0 aliphatic carbocycles. The number of ether oxygens (including phenoxy) is 2. The molecular formula is C18H19F3N2O2. The molecule has 0 radical (unpaired) electrons. The van der Waals surface area contributed by atoms with E-state index >= 15 is 0 Å². The van der Waals surface area contributed by atoms with Gasteiger partial charge in [-0.25, -0.2) is 4.98 Å². The Labute approximate surface area is 144 Å². The van der Waals surface area contributed by atoms with Gasteiger partial charge in [-0.15, -0.1) is 0 Å². The van der Waals surface area contributed by atoms with Gasteiger partial charge in [0.25, 0.3) is 5.88 Å². The van der Waals surface area contributed by atoms with Crippen LogP contribution in [0.3, 0.4) is 0 Å². The molecule has 0 saturated carbocycles. The second-order valence-electron chi connectivity index (χ2n) is 5.91. The van der Waals surface area contributed by atoms with Gasteiger partial charge in [-0.1, -0.05) is 30.3 Å². The normalized spacial score (nSPS) is 18.8. The first-order valence-corrected chi connectivity index (χ1v) is 8.10. The molecule has 2 aromatic rings. The van der Waals surface area contributed by atoms with Crippen LogP contribution in [0.5, 0.6) is 11.6 Å². The first-order valence-electron chi connectivity index (χ1n) is 8.10. The quantitative estimate of drug-likeness (QED) is 0.860. The highest BCUT2D eigenvalue weighted by molar-refractivity contribution is 5.34. The second-order valence-corrected chi connectivity index (χ2v) is 5.91. The van der Waals surface area contributed by atoms with E-state index in [-0.39, 0.29) is 23.7 Å². The van der Waals surface area contributed by atoms with Crippen LogP contribution in [0.4, 0.5) is 13.2 Å². The summed E-state index contributed by atoms with van der Waals surface area (Å²) in [5, 5.41) is 3.29. The van der Waals surface area contributed by atoms with E-state index in [9.17, 15) is 13.2 Å². The van der Waals surface area contributed by atoms with E-state index in [1.54, 1.807) is 12.1 Å². The Hall–Kier alpha value is -2.28. The van der Waals surface area contributed by atoms with Gasteiger partial charge in [0.1, 0.15) is 6.10 Å². The molecule has 0 unspecified atom stereocenters. The van der Waals surface area contributed by atoms with Gasteiger partial charge in [-0.2, -0.15) is 13.2 Å². The summed E-state index contributed by atoms with van der Waals surface area (Å²) in [5.74, 6) is 0.289.